The van der Waals surface area contributed by atoms with Gasteiger partial charge in [0, 0.05) is 44.4 Å². The number of pyridine rings is 1. The van der Waals surface area contributed by atoms with Gasteiger partial charge in [-0.05, 0) is 53.1 Å². The number of aliphatic hydroxyl groups is 2. The molecule has 4 aromatic rings. The zero-order chi connectivity index (χ0) is 31.2. The highest BCUT2D eigenvalue weighted by atomic mass is 16.3. The van der Waals surface area contributed by atoms with E-state index in [1.54, 1.807) is 17.3 Å². The van der Waals surface area contributed by atoms with E-state index in [-0.39, 0.29) is 30.9 Å². The lowest BCUT2D eigenvalue weighted by molar-refractivity contribution is -0.127. The van der Waals surface area contributed by atoms with Crippen LogP contribution in [0, 0.1) is 5.92 Å². The highest BCUT2D eigenvalue weighted by Crippen LogP contribution is 2.32. The normalized spacial score (nSPS) is 20.6. The topological polar surface area (TPSA) is 106 Å². The van der Waals surface area contributed by atoms with Crippen molar-refractivity contribution in [2.24, 2.45) is 5.92 Å². The van der Waals surface area contributed by atoms with E-state index < -0.39 is 24.2 Å². The number of β-amino-alcohol motifs (C(OH)–C–C–N with tert-alkyl or cyclic N) is 1. The van der Waals surface area contributed by atoms with Crippen LogP contribution in [0.3, 0.4) is 0 Å². The van der Waals surface area contributed by atoms with Crippen LogP contribution in [-0.4, -0.2) is 68.3 Å². The quantitative estimate of drug-likeness (QED) is 0.224. The summed E-state index contributed by atoms with van der Waals surface area (Å²) in [4.78, 5) is 35.4. The molecule has 2 aliphatic rings. The van der Waals surface area contributed by atoms with Gasteiger partial charge in [-0.2, -0.15) is 0 Å². The fourth-order valence-electron chi connectivity index (χ4n) is 6.73. The highest BCUT2D eigenvalue weighted by Gasteiger charge is 2.39. The molecule has 0 bridgehead atoms. The lowest BCUT2D eigenvalue weighted by atomic mass is 9.91. The zero-order valence-electron chi connectivity index (χ0n) is 25.3. The largest absolute Gasteiger partial charge is 0.391 e. The first-order valence-corrected chi connectivity index (χ1v) is 15.7. The summed E-state index contributed by atoms with van der Waals surface area (Å²) in [6.07, 6.45) is 3.61. The van der Waals surface area contributed by atoms with Gasteiger partial charge in [-0.25, -0.2) is 4.79 Å². The summed E-state index contributed by atoms with van der Waals surface area (Å²) >= 11 is 0. The van der Waals surface area contributed by atoms with E-state index in [9.17, 15) is 19.8 Å². The van der Waals surface area contributed by atoms with Crippen LogP contribution < -0.4 is 5.32 Å². The van der Waals surface area contributed by atoms with Gasteiger partial charge in [-0.1, -0.05) is 91.0 Å². The molecule has 2 heterocycles. The Morgan fingerprint density at radius 2 is 1.60 bits per heavy atom. The Kier molecular flexibility index (Phi) is 9.52. The zero-order valence-corrected chi connectivity index (χ0v) is 25.3. The maximum atomic E-state index is 13.8. The molecule has 5 atom stereocenters. The van der Waals surface area contributed by atoms with Crippen molar-refractivity contribution >= 4 is 11.9 Å². The van der Waals surface area contributed by atoms with Crippen LogP contribution in [0.1, 0.15) is 40.3 Å². The molecule has 1 aliphatic carbocycles. The van der Waals surface area contributed by atoms with Gasteiger partial charge in [0.25, 0.3) is 0 Å². The highest BCUT2D eigenvalue weighted by molar-refractivity contribution is 5.80. The number of carbonyl (C=O) groups excluding carboxylic acids is 2. The van der Waals surface area contributed by atoms with Crippen molar-refractivity contribution in [3.05, 3.63) is 137 Å². The molecule has 6 rings (SSSR count). The van der Waals surface area contributed by atoms with Gasteiger partial charge in [-0.15, -0.1) is 0 Å². The second kappa shape index (κ2) is 14.1. The number of hydrogen-bond donors (Lipinski definition) is 3. The smallest absolute Gasteiger partial charge is 0.320 e. The molecule has 1 fully saturated rings. The number of nitrogens with zero attached hydrogens (tertiary/aromatic N) is 3. The number of fused-ring (bicyclic) bond motifs is 1. The summed E-state index contributed by atoms with van der Waals surface area (Å²) in [5.41, 5.74) is 5.01. The van der Waals surface area contributed by atoms with E-state index in [1.165, 1.54) is 0 Å². The number of carbonyl (C=O) groups is 2. The van der Waals surface area contributed by atoms with Gasteiger partial charge in [0.15, 0.2) is 0 Å². The summed E-state index contributed by atoms with van der Waals surface area (Å²) in [5.74, 6) is -0.774. The number of benzene rings is 3. The second-order valence-electron chi connectivity index (χ2n) is 12.3. The predicted octanol–water partition coefficient (Wildman–Crippen LogP) is 4.31. The molecular formula is C37H40N4O4. The van der Waals surface area contributed by atoms with Crippen molar-refractivity contribution in [3.8, 4) is 0 Å². The minimum absolute atomic E-state index is 0.118. The Morgan fingerprint density at radius 1 is 0.911 bits per heavy atom. The molecule has 0 saturated carbocycles. The Morgan fingerprint density at radius 3 is 2.33 bits per heavy atom. The minimum atomic E-state index is -0.925. The monoisotopic (exact) mass is 604 g/mol. The van der Waals surface area contributed by atoms with Crippen molar-refractivity contribution in [2.45, 2.75) is 56.5 Å². The number of rotatable bonds is 12. The van der Waals surface area contributed by atoms with Crippen molar-refractivity contribution in [3.63, 3.8) is 0 Å². The van der Waals surface area contributed by atoms with Gasteiger partial charge in [0.1, 0.15) is 0 Å². The SMILES string of the molecule is O=C(NC1c2ccccc2C[C@H]1O)[C@H](Cc1ccccc1)C[C@H](O)CN1C(=O)N(Cc2cccnc2)CC1Cc1ccccc1. The maximum absolute atomic E-state index is 13.8. The molecule has 3 N–H and O–H groups in total. The average Bonchev–Trinajstić information content (AvgIpc) is 3.52. The molecule has 1 saturated heterocycles. The van der Waals surface area contributed by atoms with Gasteiger partial charge in [0.05, 0.1) is 24.3 Å². The Hall–Kier alpha value is -4.53. The van der Waals surface area contributed by atoms with E-state index in [1.807, 2.05) is 89.8 Å². The Labute approximate surface area is 264 Å². The molecule has 1 aromatic heterocycles. The molecule has 8 heteroatoms. The maximum Gasteiger partial charge on any atom is 0.320 e. The van der Waals surface area contributed by atoms with Crippen LogP contribution >= 0.6 is 0 Å². The Bertz CT molecular complexity index is 1570. The van der Waals surface area contributed by atoms with E-state index >= 15 is 0 Å². The molecule has 3 aromatic carbocycles. The van der Waals surface area contributed by atoms with E-state index in [0.29, 0.717) is 32.4 Å². The number of hydrogen-bond acceptors (Lipinski definition) is 5. The number of urea groups is 1. The van der Waals surface area contributed by atoms with Crippen LogP contribution in [0.25, 0.3) is 0 Å². The van der Waals surface area contributed by atoms with Gasteiger partial charge >= 0.3 is 6.03 Å². The molecule has 1 aliphatic heterocycles. The molecule has 232 valence electrons. The van der Waals surface area contributed by atoms with Crippen LogP contribution in [-0.2, 0) is 30.6 Å². The van der Waals surface area contributed by atoms with Crippen molar-refractivity contribution in [1.29, 1.82) is 0 Å². The third-order valence-electron chi connectivity index (χ3n) is 8.96. The van der Waals surface area contributed by atoms with Crippen molar-refractivity contribution in [1.82, 2.24) is 20.1 Å². The van der Waals surface area contributed by atoms with E-state index in [4.69, 9.17) is 0 Å². The number of aliphatic hydroxyl groups excluding tert-OH is 2. The average molecular weight is 605 g/mol. The molecular weight excluding hydrogens is 564 g/mol. The third-order valence-corrected chi connectivity index (χ3v) is 8.96. The fourth-order valence-corrected chi connectivity index (χ4v) is 6.73. The van der Waals surface area contributed by atoms with Gasteiger partial charge in [0.2, 0.25) is 5.91 Å². The van der Waals surface area contributed by atoms with Crippen molar-refractivity contribution < 1.29 is 19.8 Å². The third kappa shape index (κ3) is 7.41. The molecule has 0 spiro atoms. The minimum Gasteiger partial charge on any atom is -0.391 e. The standard InChI is InChI=1S/C37H40N4O4/c42-32(25-41-31(19-27-12-5-2-6-13-27)24-40(37(41)45)23-28-14-9-17-38-22-28)20-30(18-26-10-3-1-4-11-26)36(44)39-35-33-16-8-7-15-29(33)21-34(35)43/h1-17,22,30-32,34-35,42-43H,18-21,23-25H2,(H,39,44)/t30-,31?,32+,34-,35?/m1/s1. The Balaban J connectivity index is 1.18. The first-order valence-electron chi connectivity index (χ1n) is 15.7. The second-order valence-corrected chi connectivity index (χ2v) is 12.3. The first-order chi connectivity index (χ1) is 21.9. The molecule has 8 nitrogen and oxygen atoms in total. The summed E-state index contributed by atoms with van der Waals surface area (Å²) in [6.45, 7) is 1.09. The summed E-state index contributed by atoms with van der Waals surface area (Å²) < 4.78 is 0. The summed E-state index contributed by atoms with van der Waals surface area (Å²) in [5, 5.41) is 25.4. The lowest BCUT2D eigenvalue weighted by Crippen LogP contribution is -2.44. The van der Waals surface area contributed by atoms with E-state index in [2.05, 4.69) is 22.4 Å². The van der Waals surface area contributed by atoms with Gasteiger partial charge < -0.3 is 25.3 Å². The van der Waals surface area contributed by atoms with Crippen LogP contribution in [0.15, 0.2) is 109 Å². The number of nitrogens with one attached hydrogen (secondary N) is 1. The van der Waals surface area contributed by atoms with Crippen molar-refractivity contribution in [2.75, 3.05) is 13.1 Å². The van der Waals surface area contributed by atoms with Crippen LogP contribution in [0.5, 0.6) is 0 Å². The molecule has 2 unspecified atom stereocenters. The molecule has 45 heavy (non-hydrogen) atoms. The van der Waals surface area contributed by atoms with Crippen LogP contribution in [0.2, 0.25) is 0 Å². The van der Waals surface area contributed by atoms with Gasteiger partial charge in [-0.3, -0.25) is 9.78 Å². The lowest BCUT2D eigenvalue weighted by Gasteiger charge is -2.28. The van der Waals surface area contributed by atoms with Crippen LogP contribution in [0.4, 0.5) is 4.79 Å². The summed E-state index contributed by atoms with van der Waals surface area (Å²) in [7, 11) is 0. The first kappa shape index (κ1) is 30.5. The number of amides is 3. The predicted molar refractivity (Wildman–Crippen MR) is 172 cm³/mol. The number of aromatic nitrogens is 1. The van der Waals surface area contributed by atoms with E-state index in [0.717, 1.165) is 27.8 Å². The molecule has 3 amide bonds. The molecule has 0 radical (unpaired) electrons. The fraction of sp³-hybridized carbons (Fsp3) is 0.324. The summed E-state index contributed by atoms with van der Waals surface area (Å²) in [6, 6.07) is 30.7.